The monoisotopic (exact) mass is 311 g/mol. The molecule has 1 unspecified atom stereocenters. The largest absolute Gasteiger partial charge is 0.388 e. The number of rotatable bonds is 3. The van der Waals surface area contributed by atoms with Crippen LogP contribution in [0.25, 0.3) is 0 Å². The number of carbonyl (C=O) groups is 2. The highest BCUT2D eigenvalue weighted by Crippen LogP contribution is 2.25. The molecule has 114 valence electrons. The van der Waals surface area contributed by atoms with Gasteiger partial charge in [-0.3, -0.25) is 9.59 Å². The summed E-state index contributed by atoms with van der Waals surface area (Å²) in [6.07, 6.45) is 2.54. The van der Waals surface area contributed by atoms with Crippen LogP contribution in [0, 0.1) is 0 Å². The van der Waals surface area contributed by atoms with E-state index in [1.165, 1.54) is 18.1 Å². The molecule has 1 aromatic heterocycles. The fourth-order valence-corrected chi connectivity index (χ4v) is 2.59. The first kappa shape index (κ1) is 15.7. The molecule has 0 bridgehead atoms. The van der Waals surface area contributed by atoms with Gasteiger partial charge < -0.3 is 15.3 Å². The number of hydrogen-bond donors (Lipinski definition) is 2. The second kappa shape index (κ2) is 6.41. The molecule has 0 aliphatic carbocycles. The van der Waals surface area contributed by atoms with Crippen molar-refractivity contribution in [1.82, 2.24) is 15.2 Å². The van der Waals surface area contributed by atoms with Gasteiger partial charge in [0, 0.05) is 19.8 Å². The number of hydrogen-bond acceptors (Lipinski definition) is 4. The van der Waals surface area contributed by atoms with Crippen molar-refractivity contribution >= 4 is 23.4 Å². The van der Waals surface area contributed by atoms with Gasteiger partial charge in [0.2, 0.25) is 5.91 Å². The van der Waals surface area contributed by atoms with Gasteiger partial charge in [0.05, 0.1) is 23.6 Å². The molecule has 0 radical (unpaired) electrons. The number of aromatic nitrogens is 1. The first-order valence-electron chi connectivity index (χ1n) is 6.77. The van der Waals surface area contributed by atoms with Crippen molar-refractivity contribution in [2.75, 3.05) is 20.1 Å². The van der Waals surface area contributed by atoms with E-state index in [2.05, 4.69) is 10.3 Å². The smallest absolute Gasteiger partial charge is 0.272 e. The molecule has 2 N–H and O–H groups in total. The Labute approximate surface area is 128 Å². The van der Waals surface area contributed by atoms with Gasteiger partial charge in [-0.25, -0.2) is 4.98 Å². The quantitative estimate of drug-likeness (QED) is 0.866. The van der Waals surface area contributed by atoms with Crippen molar-refractivity contribution in [3.05, 3.63) is 29.0 Å². The Morgan fingerprint density at radius 1 is 1.52 bits per heavy atom. The van der Waals surface area contributed by atoms with E-state index in [9.17, 15) is 14.7 Å². The average molecular weight is 312 g/mol. The number of nitrogens with zero attached hydrogens (tertiary/aromatic N) is 2. The topological polar surface area (TPSA) is 82.5 Å². The molecule has 1 aliphatic rings. The van der Waals surface area contributed by atoms with Gasteiger partial charge in [0.15, 0.2) is 0 Å². The zero-order valence-corrected chi connectivity index (χ0v) is 12.6. The third-order valence-corrected chi connectivity index (χ3v) is 3.78. The Morgan fingerprint density at radius 2 is 2.29 bits per heavy atom. The number of likely N-dealkylation sites (tertiary alicyclic amines) is 1. The van der Waals surface area contributed by atoms with Gasteiger partial charge in [-0.1, -0.05) is 11.6 Å². The van der Waals surface area contributed by atoms with E-state index in [0.29, 0.717) is 24.4 Å². The molecule has 21 heavy (non-hydrogen) atoms. The number of piperidine rings is 1. The molecule has 6 nitrogen and oxygen atoms in total. The second-order valence-electron chi connectivity index (χ2n) is 5.27. The lowest BCUT2D eigenvalue weighted by Gasteiger charge is -2.38. The van der Waals surface area contributed by atoms with E-state index in [1.54, 1.807) is 12.1 Å². The van der Waals surface area contributed by atoms with Crippen LogP contribution in [0.1, 0.15) is 29.8 Å². The third-order valence-electron chi connectivity index (χ3n) is 3.56. The number of amides is 2. The van der Waals surface area contributed by atoms with Crippen LogP contribution >= 0.6 is 11.6 Å². The van der Waals surface area contributed by atoms with Gasteiger partial charge in [-0.2, -0.15) is 0 Å². The average Bonchev–Trinajstić information content (AvgIpc) is 2.46. The fraction of sp³-hybridized carbons (Fsp3) is 0.500. The molecular weight excluding hydrogens is 294 g/mol. The summed E-state index contributed by atoms with van der Waals surface area (Å²) >= 11 is 5.75. The minimum atomic E-state index is -1.18. The molecule has 0 spiro atoms. The van der Waals surface area contributed by atoms with Crippen LogP contribution in [0.4, 0.5) is 0 Å². The number of β-amino-alcohol motifs (C(OH)–C–C–N with tert-alkyl or cyclic N) is 1. The summed E-state index contributed by atoms with van der Waals surface area (Å²) in [5.74, 6) is -0.502. The van der Waals surface area contributed by atoms with Gasteiger partial charge in [0.1, 0.15) is 5.69 Å². The maximum atomic E-state index is 12.4. The van der Waals surface area contributed by atoms with Crippen LogP contribution < -0.4 is 5.32 Å². The number of carbonyl (C=O) groups excluding carboxylic acids is 2. The van der Waals surface area contributed by atoms with Crippen LogP contribution in [0.3, 0.4) is 0 Å². The normalized spacial score (nSPS) is 22.0. The molecule has 7 heteroatoms. The molecule has 0 aromatic carbocycles. The Morgan fingerprint density at radius 3 is 2.90 bits per heavy atom. The highest BCUT2D eigenvalue weighted by molar-refractivity contribution is 6.30. The highest BCUT2D eigenvalue weighted by atomic mass is 35.5. The van der Waals surface area contributed by atoms with E-state index >= 15 is 0 Å². The van der Waals surface area contributed by atoms with Crippen LogP contribution in [0.15, 0.2) is 18.3 Å². The molecule has 1 aliphatic heterocycles. The van der Waals surface area contributed by atoms with Gasteiger partial charge >= 0.3 is 0 Å². The lowest BCUT2D eigenvalue weighted by Crippen LogP contribution is -2.52. The lowest BCUT2D eigenvalue weighted by atomic mass is 9.89. The number of nitrogens with one attached hydrogen (secondary N) is 1. The molecule has 2 amide bonds. The zero-order chi connectivity index (χ0) is 15.5. The second-order valence-corrected chi connectivity index (χ2v) is 5.70. The Balaban J connectivity index is 2.08. The van der Waals surface area contributed by atoms with Crippen molar-refractivity contribution in [3.8, 4) is 0 Å². The van der Waals surface area contributed by atoms with Crippen molar-refractivity contribution in [1.29, 1.82) is 0 Å². The van der Waals surface area contributed by atoms with Gasteiger partial charge in [-0.15, -0.1) is 0 Å². The summed E-state index contributed by atoms with van der Waals surface area (Å²) in [5, 5.41) is 13.4. The summed E-state index contributed by atoms with van der Waals surface area (Å²) < 4.78 is 0. The van der Waals surface area contributed by atoms with Gasteiger partial charge in [-0.05, 0) is 25.0 Å². The van der Waals surface area contributed by atoms with E-state index in [4.69, 9.17) is 11.6 Å². The number of pyridine rings is 1. The molecular formula is C14H18ClN3O3. The van der Waals surface area contributed by atoms with Crippen LogP contribution in [-0.4, -0.2) is 52.5 Å². The maximum Gasteiger partial charge on any atom is 0.272 e. The van der Waals surface area contributed by atoms with E-state index < -0.39 is 5.60 Å². The molecule has 1 saturated heterocycles. The van der Waals surface area contributed by atoms with E-state index in [1.807, 2.05) is 0 Å². The zero-order valence-electron chi connectivity index (χ0n) is 11.8. The van der Waals surface area contributed by atoms with E-state index in [0.717, 1.165) is 0 Å². The van der Waals surface area contributed by atoms with E-state index in [-0.39, 0.29) is 30.5 Å². The third kappa shape index (κ3) is 3.92. The molecule has 0 saturated carbocycles. The molecule has 1 atom stereocenters. The summed E-state index contributed by atoms with van der Waals surface area (Å²) in [6, 6.07) is 3.15. The Bertz CT molecular complexity index is 535. The SMILES string of the molecule is CNC(=O)CC1(O)CCCN(C(=O)c2ccc(Cl)cn2)C1. The first-order chi connectivity index (χ1) is 9.93. The predicted octanol–water partition coefficient (Wildman–Crippen LogP) is 0.838. The molecule has 1 fully saturated rings. The maximum absolute atomic E-state index is 12.4. The van der Waals surface area contributed by atoms with Crippen molar-refractivity contribution < 1.29 is 14.7 Å². The summed E-state index contributed by atoms with van der Waals surface area (Å²) in [7, 11) is 1.52. The number of aliphatic hydroxyl groups is 1. The Kier molecular flexibility index (Phi) is 4.80. The Hall–Kier alpha value is -1.66. The molecule has 1 aromatic rings. The van der Waals surface area contributed by atoms with Crippen molar-refractivity contribution in [2.24, 2.45) is 0 Å². The first-order valence-corrected chi connectivity index (χ1v) is 7.15. The fourth-order valence-electron chi connectivity index (χ4n) is 2.48. The van der Waals surface area contributed by atoms with Crippen LogP contribution in [-0.2, 0) is 4.79 Å². The summed E-state index contributed by atoms with van der Waals surface area (Å²) in [4.78, 5) is 29.4. The van der Waals surface area contributed by atoms with Crippen molar-refractivity contribution in [3.63, 3.8) is 0 Å². The molecule has 2 heterocycles. The highest BCUT2D eigenvalue weighted by Gasteiger charge is 2.37. The lowest BCUT2D eigenvalue weighted by molar-refractivity contribution is -0.127. The molecule has 2 rings (SSSR count). The standard InChI is InChI=1S/C14H18ClN3O3/c1-16-12(19)7-14(21)5-2-6-18(9-14)13(20)11-4-3-10(15)8-17-11/h3-4,8,21H,2,5-7,9H2,1H3,(H,16,19). The predicted molar refractivity (Wildman–Crippen MR) is 78.0 cm³/mol. The summed E-state index contributed by atoms with van der Waals surface area (Å²) in [5.41, 5.74) is -0.899. The summed E-state index contributed by atoms with van der Waals surface area (Å²) in [6.45, 7) is 0.669. The van der Waals surface area contributed by atoms with Gasteiger partial charge in [0.25, 0.3) is 5.91 Å². The number of halogens is 1. The van der Waals surface area contributed by atoms with Crippen LogP contribution in [0.5, 0.6) is 0 Å². The minimum absolute atomic E-state index is 0.0126. The minimum Gasteiger partial charge on any atom is -0.388 e. The van der Waals surface area contributed by atoms with Crippen molar-refractivity contribution in [2.45, 2.75) is 24.9 Å². The van der Waals surface area contributed by atoms with Crippen LogP contribution in [0.2, 0.25) is 5.02 Å².